The van der Waals surface area contributed by atoms with Crippen molar-refractivity contribution in [3.8, 4) is 0 Å². The molecule has 1 aliphatic rings. The predicted molar refractivity (Wildman–Crippen MR) is 72.6 cm³/mol. The number of rotatable bonds is 1. The highest BCUT2D eigenvalue weighted by Gasteiger charge is 2.32. The molecule has 1 aromatic heterocycles. The summed E-state index contributed by atoms with van der Waals surface area (Å²) in [6, 6.07) is 6.21. The van der Waals surface area contributed by atoms with Crippen molar-refractivity contribution in [3.05, 3.63) is 23.8 Å². The van der Waals surface area contributed by atoms with Gasteiger partial charge in [0.15, 0.2) is 0 Å². The van der Waals surface area contributed by atoms with E-state index in [0.717, 1.165) is 30.5 Å². The molecule has 1 atom stereocenters. The number of ether oxygens (including phenoxy) is 1. The fraction of sp³-hybridized carbons (Fsp3) is 0.500. The Morgan fingerprint density at radius 1 is 1.44 bits per heavy atom. The minimum atomic E-state index is -0.0785. The second kappa shape index (κ2) is 3.99. The number of nitrogens with two attached hydrogens (primary N) is 1. The maximum absolute atomic E-state index is 6.13. The van der Waals surface area contributed by atoms with Gasteiger partial charge in [-0.05, 0) is 38.3 Å². The number of benzene rings is 1. The van der Waals surface area contributed by atoms with Gasteiger partial charge < -0.3 is 15.0 Å². The summed E-state index contributed by atoms with van der Waals surface area (Å²) in [6.45, 7) is 5.82. The highest BCUT2D eigenvalue weighted by Crippen LogP contribution is 2.33. The summed E-state index contributed by atoms with van der Waals surface area (Å²) in [7, 11) is 0. The largest absolute Gasteiger partial charge is 0.379 e. The van der Waals surface area contributed by atoms with Gasteiger partial charge in [-0.1, -0.05) is 12.1 Å². The number of aromatic nitrogens is 2. The molecule has 0 amide bonds. The van der Waals surface area contributed by atoms with E-state index in [9.17, 15) is 0 Å². The summed E-state index contributed by atoms with van der Waals surface area (Å²) >= 11 is 0. The number of hydrogen-bond acceptors (Lipinski definition) is 3. The first kappa shape index (κ1) is 11.5. The molecule has 0 bridgehead atoms. The monoisotopic (exact) mass is 245 g/mol. The third-order valence-electron chi connectivity index (χ3n) is 3.87. The molecule has 0 spiro atoms. The van der Waals surface area contributed by atoms with Gasteiger partial charge in [-0.3, -0.25) is 0 Å². The maximum atomic E-state index is 6.13. The van der Waals surface area contributed by atoms with Gasteiger partial charge in [-0.2, -0.15) is 0 Å². The van der Waals surface area contributed by atoms with Crippen molar-refractivity contribution in [2.45, 2.75) is 32.2 Å². The van der Waals surface area contributed by atoms with Gasteiger partial charge in [0, 0.05) is 6.61 Å². The maximum Gasteiger partial charge on any atom is 0.201 e. The van der Waals surface area contributed by atoms with Crippen LogP contribution in [0.2, 0.25) is 0 Å². The molecule has 4 nitrogen and oxygen atoms in total. The summed E-state index contributed by atoms with van der Waals surface area (Å²) in [5, 5.41) is 0. The van der Waals surface area contributed by atoms with Crippen LogP contribution in [0.4, 0.5) is 5.95 Å². The van der Waals surface area contributed by atoms with Crippen molar-refractivity contribution in [1.82, 2.24) is 9.55 Å². The van der Waals surface area contributed by atoms with Gasteiger partial charge in [0.05, 0.1) is 23.2 Å². The van der Waals surface area contributed by atoms with Gasteiger partial charge in [0.2, 0.25) is 5.95 Å². The van der Waals surface area contributed by atoms with E-state index in [1.165, 1.54) is 5.56 Å². The molecular weight excluding hydrogens is 226 g/mol. The van der Waals surface area contributed by atoms with Crippen LogP contribution >= 0.6 is 0 Å². The Bertz CT molecular complexity index is 582. The van der Waals surface area contributed by atoms with Crippen molar-refractivity contribution in [3.63, 3.8) is 0 Å². The molecule has 2 aromatic rings. The summed E-state index contributed by atoms with van der Waals surface area (Å²) < 4.78 is 7.79. The van der Waals surface area contributed by atoms with Crippen LogP contribution < -0.4 is 5.73 Å². The minimum Gasteiger partial charge on any atom is -0.379 e. The van der Waals surface area contributed by atoms with Crippen LogP contribution in [-0.4, -0.2) is 22.8 Å². The van der Waals surface area contributed by atoms with Crippen molar-refractivity contribution in [2.75, 3.05) is 18.9 Å². The molecular formula is C14H19N3O. The number of fused-ring (bicyclic) bond motifs is 1. The van der Waals surface area contributed by atoms with Gasteiger partial charge in [-0.25, -0.2) is 4.98 Å². The molecule has 1 saturated heterocycles. The van der Waals surface area contributed by atoms with Crippen LogP contribution in [-0.2, 0) is 10.3 Å². The van der Waals surface area contributed by atoms with E-state index in [1.54, 1.807) is 0 Å². The number of aryl methyl sites for hydroxylation is 1. The van der Waals surface area contributed by atoms with Crippen LogP contribution in [0.25, 0.3) is 11.0 Å². The van der Waals surface area contributed by atoms with Crippen molar-refractivity contribution in [1.29, 1.82) is 0 Å². The van der Waals surface area contributed by atoms with Crippen LogP contribution in [0.15, 0.2) is 18.2 Å². The van der Waals surface area contributed by atoms with Crippen LogP contribution in [0, 0.1) is 6.92 Å². The SMILES string of the molecule is Cc1cccc2c1nc(N)n2C1(C)CCCOC1. The van der Waals surface area contributed by atoms with Crippen LogP contribution in [0.5, 0.6) is 0 Å². The first-order valence-electron chi connectivity index (χ1n) is 6.44. The highest BCUT2D eigenvalue weighted by atomic mass is 16.5. The lowest BCUT2D eigenvalue weighted by Gasteiger charge is -2.35. The smallest absolute Gasteiger partial charge is 0.201 e. The third kappa shape index (κ3) is 1.60. The molecule has 1 aromatic carbocycles. The number of hydrogen-bond donors (Lipinski definition) is 1. The molecule has 1 fully saturated rings. The van der Waals surface area contributed by atoms with E-state index in [4.69, 9.17) is 10.5 Å². The van der Waals surface area contributed by atoms with Gasteiger partial charge in [-0.15, -0.1) is 0 Å². The van der Waals surface area contributed by atoms with E-state index in [1.807, 2.05) is 0 Å². The van der Waals surface area contributed by atoms with Gasteiger partial charge in [0.25, 0.3) is 0 Å². The average Bonchev–Trinajstić information content (AvgIpc) is 2.68. The van der Waals surface area contributed by atoms with Crippen molar-refractivity contribution >= 4 is 17.0 Å². The summed E-state index contributed by atoms with van der Waals surface area (Å²) in [5.41, 5.74) is 9.33. The first-order chi connectivity index (χ1) is 8.62. The normalized spacial score (nSPS) is 24.6. The molecule has 3 rings (SSSR count). The zero-order valence-corrected chi connectivity index (χ0v) is 10.9. The Balaban J connectivity index is 2.22. The zero-order chi connectivity index (χ0) is 12.8. The third-order valence-corrected chi connectivity index (χ3v) is 3.87. The molecule has 1 aliphatic heterocycles. The lowest BCUT2D eigenvalue weighted by Crippen LogP contribution is -2.39. The Morgan fingerprint density at radius 3 is 3.00 bits per heavy atom. The molecule has 96 valence electrons. The predicted octanol–water partition coefficient (Wildman–Crippen LogP) is 2.45. The lowest BCUT2D eigenvalue weighted by atomic mass is 9.94. The minimum absolute atomic E-state index is 0.0785. The Morgan fingerprint density at radius 2 is 2.28 bits per heavy atom. The fourth-order valence-electron chi connectivity index (χ4n) is 2.92. The second-order valence-electron chi connectivity index (χ2n) is 5.40. The van der Waals surface area contributed by atoms with E-state index in [2.05, 4.69) is 41.6 Å². The van der Waals surface area contributed by atoms with E-state index >= 15 is 0 Å². The van der Waals surface area contributed by atoms with Crippen LogP contribution in [0.1, 0.15) is 25.3 Å². The lowest BCUT2D eigenvalue weighted by molar-refractivity contribution is 0.0124. The van der Waals surface area contributed by atoms with E-state index in [-0.39, 0.29) is 5.54 Å². The van der Waals surface area contributed by atoms with Crippen molar-refractivity contribution in [2.24, 2.45) is 0 Å². The average molecular weight is 245 g/mol. The van der Waals surface area contributed by atoms with Gasteiger partial charge in [0.1, 0.15) is 0 Å². The molecule has 1 unspecified atom stereocenters. The number of nitrogens with zero attached hydrogens (tertiary/aromatic N) is 2. The van der Waals surface area contributed by atoms with E-state index in [0.29, 0.717) is 12.6 Å². The molecule has 4 heteroatoms. The molecule has 2 N–H and O–H groups in total. The van der Waals surface area contributed by atoms with Crippen LogP contribution in [0.3, 0.4) is 0 Å². The fourth-order valence-corrected chi connectivity index (χ4v) is 2.92. The Hall–Kier alpha value is -1.55. The topological polar surface area (TPSA) is 53.1 Å². The molecule has 0 radical (unpaired) electrons. The Kier molecular flexibility index (Phi) is 2.55. The molecule has 0 aliphatic carbocycles. The highest BCUT2D eigenvalue weighted by molar-refractivity contribution is 5.81. The first-order valence-corrected chi connectivity index (χ1v) is 6.44. The number of imidazole rings is 1. The quantitative estimate of drug-likeness (QED) is 0.839. The number of para-hydroxylation sites is 1. The van der Waals surface area contributed by atoms with E-state index < -0.39 is 0 Å². The number of anilines is 1. The zero-order valence-electron chi connectivity index (χ0n) is 10.9. The number of nitrogen functional groups attached to an aromatic ring is 1. The Labute approximate surface area is 107 Å². The molecule has 2 heterocycles. The standard InChI is InChI=1S/C14H19N3O/c1-10-5-3-6-11-12(10)16-13(15)17(11)14(2)7-4-8-18-9-14/h3,5-6H,4,7-9H2,1-2H3,(H2,15,16). The van der Waals surface area contributed by atoms with Crippen molar-refractivity contribution < 1.29 is 4.74 Å². The molecule has 18 heavy (non-hydrogen) atoms. The second-order valence-corrected chi connectivity index (χ2v) is 5.40. The summed E-state index contributed by atoms with van der Waals surface area (Å²) in [6.07, 6.45) is 2.15. The summed E-state index contributed by atoms with van der Waals surface area (Å²) in [5.74, 6) is 0.590. The molecule has 0 saturated carbocycles. The summed E-state index contributed by atoms with van der Waals surface area (Å²) in [4.78, 5) is 4.52. The van der Waals surface area contributed by atoms with Gasteiger partial charge >= 0.3 is 0 Å².